The Morgan fingerprint density at radius 1 is 1.25 bits per heavy atom. The van der Waals surface area contributed by atoms with Gasteiger partial charge < -0.3 is 4.98 Å². The van der Waals surface area contributed by atoms with Crippen LogP contribution < -0.4 is 5.69 Å². The molecule has 0 radical (unpaired) electrons. The Bertz CT molecular complexity index is 593. The fraction of sp³-hybridized carbons (Fsp3) is 0.0909. The predicted octanol–water partition coefficient (Wildman–Crippen LogP) is 2.02. The Kier molecular flexibility index (Phi) is 2.52. The molecule has 0 aliphatic carbocycles. The molecule has 0 saturated heterocycles. The number of benzene rings is 1. The summed E-state index contributed by atoms with van der Waals surface area (Å²) in [6, 6.07) is 4.26. The summed E-state index contributed by atoms with van der Waals surface area (Å²) in [5, 5.41) is 0. The summed E-state index contributed by atoms with van der Waals surface area (Å²) in [5.74, 6) is -1.14. The predicted molar refractivity (Wildman–Crippen MR) is 54.9 cm³/mol. The maximum Gasteiger partial charge on any atom is 0.345 e. The zero-order chi connectivity index (χ0) is 11.7. The molecule has 0 atom stereocenters. The van der Waals surface area contributed by atoms with E-state index in [0.717, 1.165) is 6.20 Å². The Morgan fingerprint density at radius 3 is 2.75 bits per heavy atom. The minimum Gasteiger partial charge on any atom is -0.303 e. The highest BCUT2D eigenvalue weighted by atomic mass is 19.1. The molecule has 1 aromatic carbocycles. The van der Waals surface area contributed by atoms with Crippen molar-refractivity contribution in [2.75, 3.05) is 0 Å². The van der Waals surface area contributed by atoms with Gasteiger partial charge in [0, 0.05) is 5.56 Å². The number of hydrogen-bond acceptors (Lipinski definition) is 2. The van der Waals surface area contributed by atoms with Gasteiger partial charge in [-0.25, -0.2) is 13.6 Å². The third kappa shape index (κ3) is 1.71. The summed E-state index contributed by atoms with van der Waals surface area (Å²) in [4.78, 5) is 16.5. The highest BCUT2D eigenvalue weighted by Crippen LogP contribution is 2.24. The molecule has 1 aromatic heterocycles. The van der Waals surface area contributed by atoms with Crippen LogP contribution in [0.2, 0.25) is 0 Å². The van der Waals surface area contributed by atoms with Gasteiger partial charge in [0.15, 0.2) is 5.82 Å². The zero-order valence-corrected chi connectivity index (χ0v) is 8.42. The number of nitrogens with zero attached hydrogens (tertiary/aromatic N) is 1. The SMILES string of the molecule is Cc1c(F)cccc1-c1[nH]c(=O)ncc1F. The lowest BCUT2D eigenvalue weighted by Gasteiger charge is -2.06. The van der Waals surface area contributed by atoms with Crippen LogP contribution in [-0.2, 0) is 0 Å². The minimum absolute atomic E-state index is 0.0444. The van der Waals surface area contributed by atoms with Crippen molar-refractivity contribution in [2.45, 2.75) is 6.92 Å². The largest absolute Gasteiger partial charge is 0.345 e. The number of rotatable bonds is 1. The van der Waals surface area contributed by atoms with Gasteiger partial charge in [-0.2, -0.15) is 4.98 Å². The van der Waals surface area contributed by atoms with Gasteiger partial charge in [0.05, 0.1) is 11.9 Å². The molecule has 82 valence electrons. The standard InChI is InChI=1S/C11H8F2N2O/c1-6-7(3-2-4-8(6)12)10-9(13)5-14-11(16)15-10/h2-5H,1H3,(H,14,15,16). The molecule has 0 aliphatic heterocycles. The molecule has 2 aromatic rings. The summed E-state index contributed by atoms with van der Waals surface area (Å²) in [6.07, 6.45) is 0.818. The topological polar surface area (TPSA) is 45.8 Å². The average molecular weight is 222 g/mol. The molecular weight excluding hydrogens is 214 g/mol. The van der Waals surface area contributed by atoms with Crippen LogP contribution in [0.15, 0.2) is 29.2 Å². The van der Waals surface area contributed by atoms with Crippen molar-refractivity contribution in [1.82, 2.24) is 9.97 Å². The van der Waals surface area contributed by atoms with E-state index in [4.69, 9.17) is 0 Å². The van der Waals surface area contributed by atoms with Crippen LogP contribution in [0.25, 0.3) is 11.3 Å². The van der Waals surface area contributed by atoms with E-state index < -0.39 is 17.3 Å². The molecule has 16 heavy (non-hydrogen) atoms. The summed E-state index contributed by atoms with van der Waals surface area (Å²) >= 11 is 0. The molecule has 2 rings (SSSR count). The quantitative estimate of drug-likeness (QED) is 0.802. The first-order valence-corrected chi connectivity index (χ1v) is 4.60. The van der Waals surface area contributed by atoms with Gasteiger partial charge in [0.1, 0.15) is 5.82 Å². The van der Waals surface area contributed by atoms with E-state index in [0.29, 0.717) is 5.56 Å². The summed E-state index contributed by atoms with van der Waals surface area (Å²) < 4.78 is 26.7. The monoisotopic (exact) mass is 222 g/mol. The van der Waals surface area contributed by atoms with Crippen molar-refractivity contribution in [2.24, 2.45) is 0 Å². The minimum atomic E-state index is -0.687. The Hall–Kier alpha value is -2.04. The van der Waals surface area contributed by atoms with E-state index in [1.807, 2.05) is 0 Å². The van der Waals surface area contributed by atoms with Gasteiger partial charge in [0.25, 0.3) is 0 Å². The summed E-state index contributed by atoms with van der Waals surface area (Å²) in [5.41, 5.74) is -0.114. The molecular formula is C11H8F2N2O. The molecule has 0 saturated carbocycles. The maximum absolute atomic E-state index is 13.4. The fourth-order valence-electron chi connectivity index (χ4n) is 1.45. The first-order chi connectivity index (χ1) is 7.59. The number of halogens is 2. The molecule has 3 nitrogen and oxygen atoms in total. The zero-order valence-electron chi connectivity index (χ0n) is 8.42. The summed E-state index contributed by atoms with van der Waals surface area (Å²) in [7, 11) is 0. The Morgan fingerprint density at radius 2 is 2.00 bits per heavy atom. The smallest absolute Gasteiger partial charge is 0.303 e. The van der Waals surface area contributed by atoms with E-state index in [9.17, 15) is 13.6 Å². The second-order valence-corrected chi connectivity index (χ2v) is 3.32. The third-order valence-corrected chi connectivity index (χ3v) is 2.30. The van der Waals surface area contributed by atoms with Crippen LogP contribution in [0, 0.1) is 18.6 Å². The molecule has 0 aliphatic rings. The van der Waals surface area contributed by atoms with Crippen LogP contribution in [0.4, 0.5) is 8.78 Å². The normalized spacial score (nSPS) is 10.4. The van der Waals surface area contributed by atoms with Gasteiger partial charge in [0.2, 0.25) is 0 Å². The number of hydrogen-bond donors (Lipinski definition) is 1. The molecule has 5 heteroatoms. The van der Waals surface area contributed by atoms with Gasteiger partial charge in [-0.3, -0.25) is 0 Å². The second kappa shape index (κ2) is 3.84. The molecule has 0 fully saturated rings. The number of aromatic amines is 1. The van der Waals surface area contributed by atoms with E-state index >= 15 is 0 Å². The Labute approximate surface area is 89.8 Å². The second-order valence-electron chi connectivity index (χ2n) is 3.32. The first-order valence-electron chi connectivity index (χ1n) is 4.60. The lowest BCUT2D eigenvalue weighted by atomic mass is 10.0. The lowest BCUT2D eigenvalue weighted by Crippen LogP contribution is -2.12. The fourth-order valence-corrected chi connectivity index (χ4v) is 1.45. The Balaban J connectivity index is 2.72. The highest BCUT2D eigenvalue weighted by molar-refractivity contribution is 5.63. The number of aromatic nitrogens is 2. The van der Waals surface area contributed by atoms with Gasteiger partial charge >= 0.3 is 5.69 Å². The van der Waals surface area contributed by atoms with Gasteiger partial charge in [-0.1, -0.05) is 12.1 Å². The van der Waals surface area contributed by atoms with Crippen molar-refractivity contribution in [1.29, 1.82) is 0 Å². The molecule has 0 spiro atoms. The maximum atomic E-state index is 13.4. The van der Waals surface area contributed by atoms with Crippen LogP contribution in [-0.4, -0.2) is 9.97 Å². The summed E-state index contributed by atoms with van der Waals surface area (Å²) in [6.45, 7) is 1.52. The van der Waals surface area contributed by atoms with E-state index in [-0.39, 0.29) is 11.3 Å². The van der Waals surface area contributed by atoms with Gasteiger partial charge in [-0.05, 0) is 18.6 Å². The van der Waals surface area contributed by atoms with Crippen molar-refractivity contribution in [3.63, 3.8) is 0 Å². The first kappa shape index (κ1) is 10.5. The molecule has 0 unspecified atom stereocenters. The van der Waals surface area contributed by atoms with Crippen LogP contribution in [0.1, 0.15) is 5.56 Å². The van der Waals surface area contributed by atoms with Crippen LogP contribution in [0.5, 0.6) is 0 Å². The number of nitrogens with one attached hydrogen (secondary N) is 1. The van der Waals surface area contributed by atoms with Crippen molar-refractivity contribution >= 4 is 0 Å². The third-order valence-electron chi connectivity index (χ3n) is 2.30. The van der Waals surface area contributed by atoms with Crippen molar-refractivity contribution in [3.05, 3.63) is 52.1 Å². The molecule has 0 bridgehead atoms. The van der Waals surface area contributed by atoms with E-state index in [1.54, 1.807) is 0 Å². The molecule has 1 N–H and O–H groups in total. The van der Waals surface area contributed by atoms with E-state index in [1.165, 1.54) is 25.1 Å². The molecule has 0 amide bonds. The molecule has 1 heterocycles. The number of H-pyrrole nitrogens is 1. The lowest BCUT2D eigenvalue weighted by molar-refractivity contribution is 0.610. The highest BCUT2D eigenvalue weighted by Gasteiger charge is 2.11. The van der Waals surface area contributed by atoms with E-state index in [2.05, 4.69) is 9.97 Å². The van der Waals surface area contributed by atoms with Crippen LogP contribution in [0.3, 0.4) is 0 Å². The van der Waals surface area contributed by atoms with Crippen LogP contribution >= 0.6 is 0 Å². The van der Waals surface area contributed by atoms with Gasteiger partial charge in [-0.15, -0.1) is 0 Å². The average Bonchev–Trinajstić information content (AvgIpc) is 2.26. The van der Waals surface area contributed by atoms with Crippen molar-refractivity contribution in [3.8, 4) is 11.3 Å². The van der Waals surface area contributed by atoms with Crippen molar-refractivity contribution < 1.29 is 8.78 Å².